The number of benzene rings is 2. The molecule has 1 heterocycles. The van der Waals surface area contributed by atoms with Crippen molar-refractivity contribution in [2.75, 3.05) is 12.0 Å². The zero-order valence-electron chi connectivity index (χ0n) is 16.9. The summed E-state index contributed by atoms with van der Waals surface area (Å²) in [5.74, 6) is -1.11. The summed E-state index contributed by atoms with van der Waals surface area (Å²) < 4.78 is 46.1. The lowest BCUT2D eigenvalue weighted by molar-refractivity contribution is -0.122. The predicted octanol–water partition coefficient (Wildman–Crippen LogP) is 2.96. The molecule has 1 fully saturated rings. The quantitative estimate of drug-likeness (QED) is 0.626. The van der Waals surface area contributed by atoms with Crippen LogP contribution in [0.5, 0.6) is 5.75 Å². The summed E-state index contributed by atoms with van der Waals surface area (Å²) in [6.45, 7) is 3.47. The zero-order valence-corrected chi connectivity index (χ0v) is 17.7. The predicted molar refractivity (Wildman–Crippen MR) is 109 cm³/mol. The summed E-state index contributed by atoms with van der Waals surface area (Å²) >= 11 is 0. The summed E-state index contributed by atoms with van der Waals surface area (Å²) in [6, 6.07) is 9.06. The van der Waals surface area contributed by atoms with Gasteiger partial charge >= 0.3 is 0 Å². The van der Waals surface area contributed by atoms with E-state index >= 15 is 0 Å². The van der Waals surface area contributed by atoms with Crippen molar-refractivity contribution in [2.24, 2.45) is 0 Å². The molecular formula is C21H23FN2O5S. The number of hydrogen-bond acceptors (Lipinski definition) is 5. The van der Waals surface area contributed by atoms with Crippen molar-refractivity contribution in [1.29, 1.82) is 0 Å². The zero-order chi connectivity index (χ0) is 22.1. The largest absolute Gasteiger partial charge is 0.497 e. The summed E-state index contributed by atoms with van der Waals surface area (Å²) in [5, 5.41) is 0. The first-order chi connectivity index (χ1) is 14.2. The van der Waals surface area contributed by atoms with Crippen molar-refractivity contribution in [2.45, 2.75) is 43.7 Å². The number of hydrogen-bond donors (Lipinski definition) is 0. The van der Waals surface area contributed by atoms with Gasteiger partial charge in [-0.3, -0.25) is 9.59 Å². The van der Waals surface area contributed by atoms with Gasteiger partial charge < -0.3 is 4.74 Å². The van der Waals surface area contributed by atoms with E-state index in [1.54, 1.807) is 38.1 Å². The highest BCUT2D eigenvalue weighted by atomic mass is 32.2. The molecule has 1 aliphatic heterocycles. The third-order valence-electron chi connectivity index (χ3n) is 5.17. The maximum atomic E-state index is 13.3. The van der Waals surface area contributed by atoms with E-state index in [4.69, 9.17) is 4.74 Å². The van der Waals surface area contributed by atoms with Gasteiger partial charge in [-0.15, -0.1) is 0 Å². The van der Waals surface area contributed by atoms with Crippen LogP contribution in [0.3, 0.4) is 0 Å². The normalized spacial score (nSPS) is 18.2. The Morgan fingerprint density at radius 1 is 1.13 bits per heavy atom. The number of rotatable bonds is 7. The molecule has 0 aromatic heterocycles. The fraction of sp³-hybridized carbons (Fsp3) is 0.333. The molecule has 1 saturated heterocycles. The number of carbonyl (C=O) groups excluding carboxylic acids is 2. The first kappa shape index (κ1) is 21.9. The first-order valence-electron chi connectivity index (χ1n) is 9.50. The van der Waals surface area contributed by atoms with Crippen molar-refractivity contribution >= 4 is 27.5 Å². The monoisotopic (exact) mass is 434 g/mol. The first-order valence-corrected chi connectivity index (χ1v) is 10.9. The summed E-state index contributed by atoms with van der Waals surface area (Å²) in [7, 11) is -2.64. The van der Waals surface area contributed by atoms with E-state index in [1.165, 1.54) is 7.11 Å². The molecular weight excluding hydrogens is 411 g/mol. The van der Waals surface area contributed by atoms with Crippen LogP contribution in [0.4, 0.5) is 10.1 Å². The fourth-order valence-corrected chi connectivity index (χ4v) is 5.28. The van der Waals surface area contributed by atoms with Gasteiger partial charge in [0.2, 0.25) is 15.9 Å². The Bertz CT molecular complexity index is 1040. The van der Waals surface area contributed by atoms with E-state index in [1.807, 2.05) is 0 Å². The van der Waals surface area contributed by atoms with Gasteiger partial charge in [-0.1, -0.05) is 6.92 Å². The van der Waals surface area contributed by atoms with Crippen LogP contribution in [0.25, 0.3) is 0 Å². The molecule has 30 heavy (non-hydrogen) atoms. The summed E-state index contributed by atoms with van der Waals surface area (Å²) in [4.78, 5) is 26.7. The number of halogens is 1. The lowest BCUT2D eigenvalue weighted by Crippen LogP contribution is -2.49. The van der Waals surface area contributed by atoms with Crippen molar-refractivity contribution in [3.63, 3.8) is 0 Å². The topological polar surface area (TPSA) is 84.0 Å². The van der Waals surface area contributed by atoms with Crippen LogP contribution in [-0.4, -0.2) is 43.7 Å². The van der Waals surface area contributed by atoms with Gasteiger partial charge in [-0.2, -0.15) is 4.31 Å². The van der Waals surface area contributed by atoms with Crippen LogP contribution >= 0.6 is 0 Å². The number of ether oxygens (including phenoxy) is 1. The van der Waals surface area contributed by atoms with Gasteiger partial charge in [0, 0.05) is 6.04 Å². The standard InChI is InChI=1S/C21H23FN2O5S/c1-4-14(2)24(30(27,28)18-11-5-15(22)6-12-18)19-13-20(25)23(21(19)26)16-7-9-17(29-3)10-8-16/h5-12,14,19H,4,13H2,1-3H3. The van der Waals surface area contributed by atoms with E-state index in [-0.39, 0.29) is 11.3 Å². The average Bonchev–Trinajstić information content (AvgIpc) is 3.01. The molecule has 0 aliphatic carbocycles. The van der Waals surface area contributed by atoms with Gasteiger partial charge in [0.1, 0.15) is 17.6 Å². The second kappa shape index (κ2) is 8.53. The number of imide groups is 1. The summed E-state index contributed by atoms with van der Waals surface area (Å²) in [6.07, 6.45) is 0.163. The van der Waals surface area contributed by atoms with Gasteiger partial charge in [-0.25, -0.2) is 17.7 Å². The second-order valence-corrected chi connectivity index (χ2v) is 8.87. The minimum Gasteiger partial charge on any atom is -0.497 e. The minimum absolute atomic E-state index is 0.132. The summed E-state index contributed by atoms with van der Waals surface area (Å²) in [5.41, 5.74) is 0.344. The Morgan fingerprint density at radius 3 is 2.27 bits per heavy atom. The number of nitrogens with zero attached hydrogens (tertiary/aromatic N) is 2. The molecule has 3 rings (SSSR count). The maximum absolute atomic E-state index is 13.3. The number of carbonyl (C=O) groups is 2. The van der Waals surface area contributed by atoms with Gasteiger partial charge in [-0.05, 0) is 61.9 Å². The van der Waals surface area contributed by atoms with Crippen LogP contribution in [0.1, 0.15) is 26.7 Å². The Balaban J connectivity index is 1.99. The number of sulfonamides is 1. The molecule has 0 radical (unpaired) electrons. The molecule has 2 aromatic carbocycles. The smallest absolute Gasteiger partial charge is 0.252 e. The molecule has 0 bridgehead atoms. The highest BCUT2D eigenvalue weighted by Crippen LogP contribution is 2.32. The molecule has 160 valence electrons. The molecule has 7 nitrogen and oxygen atoms in total. The molecule has 0 spiro atoms. The van der Waals surface area contributed by atoms with E-state index in [9.17, 15) is 22.4 Å². The minimum atomic E-state index is -4.14. The molecule has 0 saturated carbocycles. The van der Waals surface area contributed by atoms with E-state index in [0.717, 1.165) is 33.5 Å². The maximum Gasteiger partial charge on any atom is 0.252 e. The Hall–Kier alpha value is -2.78. The van der Waals surface area contributed by atoms with Crippen LogP contribution in [0, 0.1) is 5.82 Å². The Labute approximate surface area is 175 Å². The van der Waals surface area contributed by atoms with Gasteiger partial charge in [0.25, 0.3) is 5.91 Å². The number of anilines is 1. The van der Waals surface area contributed by atoms with E-state index in [0.29, 0.717) is 17.9 Å². The highest BCUT2D eigenvalue weighted by Gasteiger charge is 2.48. The van der Waals surface area contributed by atoms with Crippen molar-refractivity contribution in [3.8, 4) is 5.75 Å². The number of amides is 2. The fourth-order valence-electron chi connectivity index (χ4n) is 3.44. The lowest BCUT2D eigenvalue weighted by atomic mass is 10.2. The Morgan fingerprint density at radius 2 is 1.73 bits per heavy atom. The van der Waals surface area contributed by atoms with Gasteiger partial charge in [0.15, 0.2) is 0 Å². The molecule has 0 N–H and O–H groups in total. The van der Waals surface area contributed by atoms with Crippen molar-refractivity contribution in [3.05, 3.63) is 54.3 Å². The lowest BCUT2D eigenvalue weighted by Gasteiger charge is -2.31. The van der Waals surface area contributed by atoms with Crippen LogP contribution < -0.4 is 9.64 Å². The van der Waals surface area contributed by atoms with Crippen LogP contribution in [-0.2, 0) is 19.6 Å². The van der Waals surface area contributed by atoms with Crippen LogP contribution in [0.2, 0.25) is 0 Å². The van der Waals surface area contributed by atoms with Gasteiger partial charge in [0.05, 0.1) is 24.1 Å². The third-order valence-corrected chi connectivity index (χ3v) is 7.21. The molecule has 2 amide bonds. The van der Waals surface area contributed by atoms with Crippen molar-refractivity contribution < 1.29 is 27.1 Å². The molecule has 2 atom stereocenters. The van der Waals surface area contributed by atoms with E-state index in [2.05, 4.69) is 0 Å². The molecule has 1 aliphatic rings. The van der Waals surface area contributed by atoms with Crippen LogP contribution in [0.15, 0.2) is 53.4 Å². The third kappa shape index (κ3) is 3.95. The Kier molecular flexibility index (Phi) is 6.23. The highest BCUT2D eigenvalue weighted by molar-refractivity contribution is 7.89. The van der Waals surface area contributed by atoms with Crippen molar-refractivity contribution in [1.82, 2.24) is 4.31 Å². The second-order valence-electron chi connectivity index (χ2n) is 7.03. The SMILES string of the molecule is CCC(C)N(C1CC(=O)N(c2ccc(OC)cc2)C1=O)S(=O)(=O)c1ccc(F)cc1. The number of methoxy groups -OCH3 is 1. The molecule has 2 unspecified atom stereocenters. The average molecular weight is 434 g/mol. The molecule has 9 heteroatoms. The molecule has 2 aromatic rings. The van der Waals surface area contributed by atoms with E-state index < -0.39 is 39.7 Å².